The topological polar surface area (TPSA) is 131 Å². The normalized spacial score (nSPS) is 11.4. The van der Waals surface area contributed by atoms with Gasteiger partial charge in [0.2, 0.25) is 5.88 Å². The zero-order valence-corrected chi connectivity index (χ0v) is 18.6. The van der Waals surface area contributed by atoms with E-state index < -0.39 is 16.0 Å². The summed E-state index contributed by atoms with van der Waals surface area (Å²) in [4.78, 5) is 17.3. The van der Waals surface area contributed by atoms with Crippen molar-refractivity contribution in [3.8, 4) is 5.75 Å². The van der Waals surface area contributed by atoms with Crippen molar-refractivity contribution in [1.82, 2.24) is 5.16 Å². The second-order valence-electron chi connectivity index (χ2n) is 6.79. The maximum Gasteiger partial charge on any atom is 0.374 e. The number of phenols is 1. The molecular weight excluding hydrogens is 430 g/mol. The van der Waals surface area contributed by atoms with Crippen molar-refractivity contribution in [3.05, 3.63) is 50.3 Å². The molecule has 0 aliphatic carbocycles. The Kier molecular flexibility index (Phi) is 5.77. The van der Waals surface area contributed by atoms with Crippen LogP contribution in [0.4, 0.5) is 11.6 Å². The molecular formula is C19H21N3O6S2. The van der Waals surface area contributed by atoms with E-state index in [9.17, 15) is 18.3 Å². The Morgan fingerprint density at radius 1 is 1.17 bits per heavy atom. The Hall–Kier alpha value is -3.05. The van der Waals surface area contributed by atoms with Crippen LogP contribution in [0.2, 0.25) is 0 Å². The summed E-state index contributed by atoms with van der Waals surface area (Å²) in [5.41, 5.74) is 6.02. The smallest absolute Gasteiger partial charge is 0.374 e. The predicted molar refractivity (Wildman–Crippen MR) is 112 cm³/mol. The SMILES string of the molecule is Cc1cc(C)c(NOC(=O)c2sccc2S(=O)(=O)Nc2onc(C)c2C)c(C)c1O. The molecule has 0 radical (unpaired) electrons. The molecule has 0 unspecified atom stereocenters. The maximum atomic E-state index is 12.8. The van der Waals surface area contributed by atoms with E-state index in [1.807, 2.05) is 0 Å². The largest absolute Gasteiger partial charge is 0.507 e. The predicted octanol–water partition coefficient (Wildman–Crippen LogP) is 3.97. The first-order valence-electron chi connectivity index (χ1n) is 8.83. The monoisotopic (exact) mass is 451 g/mol. The lowest BCUT2D eigenvalue weighted by atomic mass is 10.0. The molecule has 3 aromatic rings. The number of nitrogens with zero attached hydrogens (tertiary/aromatic N) is 1. The first-order valence-corrected chi connectivity index (χ1v) is 11.2. The summed E-state index contributed by atoms with van der Waals surface area (Å²) in [7, 11) is -4.11. The Bertz CT molecular complexity index is 1230. The first kappa shape index (κ1) is 21.7. The molecule has 3 rings (SSSR count). The third-order valence-corrected chi connectivity index (χ3v) is 7.06. The lowest BCUT2D eigenvalue weighted by molar-refractivity contribution is 0.0597. The fourth-order valence-electron chi connectivity index (χ4n) is 2.82. The molecule has 0 fully saturated rings. The number of anilines is 2. The zero-order chi connectivity index (χ0) is 22.2. The van der Waals surface area contributed by atoms with Gasteiger partial charge in [-0.2, -0.15) is 0 Å². The third-order valence-electron chi connectivity index (χ3n) is 4.67. The van der Waals surface area contributed by atoms with Crippen LogP contribution in [0.15, 0.2) is 26.9 Å². The summed E-state index contributed by atoms with van der Waals surface area (Å²) in [6.45, 7) is 8.58. The van der Waals surface area contributed by atoms with Gasteiger partial charge in [0.15, 0.2) is 0 Å². The summed E-state index contributed by atoms with van der Waals surface area (Å²) >= 11 is 0.924. The van der Waals surface area contributed by atoms with Crippen LogP contribution in [-0.2, 0) is 14.9 Å². The maximum absolute atomic E-state index is 12.8. The van der Waals surface area contributed by atoms with Crippen LogP contribution < -0.4 is 10.2 Å². The van der Waals surface area contributed by atoms with Crippen molar-refractivity contribution in [2.24, 2.45) is 0 Å². The van der Waals surface area contributed by atoms with E-state index in [1.165, 1.54) is 11.4 Å². The van der Waals surface area contributed by atoms with Gasteiger partial charge in [0.1, 0.15) is 15.5 Å². The highest BCUT2D eigenvalue weighted by Crippen LogP contribution is 2.32. The summed E-state index contributed by atoms with van der Waals surface area (Å²) in [6.07, 6.45) is 0. The number of hydrogen-bond donors (Lipinski definition) is 3. The van der Waals surface area contributed by atoms with E-state index >= 15 is 0 Å². The van der Waals surface area contributed by atoms with Gasteiger partial charge in [-0.1, -0.05) is 11.2 Å². The second kappa shape index (κ2) is 8.00. The van der Waals surface area contributed by atoms with Gasteiger partial charge in [0, 0.05) is 11.1 Å². The van der Waals surface area contributed by atoms with Gasteiger partial charge in [-0.05, 0) is 57.2 Å². The Morgan fingerprint density at radius 2 is 1.87 bits per heavy atom. The lowest BCUT2D eigenvalue weighted by Gasteiger charge is -2.15. The average molecular weight is 452 g/mol. The van der Waals surface area contributed by atoms with E-state index in [0.29, 0.717) is 28.1 Å². The zero-order valence-electron chi connectivity index (χ0n) is 17.0. The van der Waals surface area contributed by atoms with Crippen molar-refractivity contribution >= 4 is 38.9 Å². The molecule has 0 atom stereocenters. The quantitative estimate of drug-likeness (QED) is 0.480. The Balaban J connectivity index is 1.82. The number of rotatable bonds is 6. The molecule has 2 heterocycles. The van der Waals surface area contributed by atoms with E-state index in [-0.39, 0.29) is 21.4 Å². The fraction of sp³-hybridized carbons (Fsp3) is 0.263. The van der Waals surface area contributed by atoms with Crippen LogP contribution in [-0.4, -0.2) is 24.7 Å². The molecule has 3 N–H and O–H groups in total. The summed E-state index contributed by atoms with van der Waals surface area (Å²) < 4.78 is 32.8. The van der Waals surface area contributed by atoms with Crippen molar-refractivity contribution in [1.29, 1.82) is 0 Å². The molecule has 0 saturated heterocycles. The molecule has 0 saturated carbocycles. The van der Waals surface area contributed by atoms with Gasteiger partial charge in [-0.25, -0.2) is 23.4 Å². The van der Waals surface area contributed by atoms with Crippen LogP contribution in [0.3, 0.4) is 0 Å². The Labute approximate surface area is 177 Å². The third kappa shape index (κ3) is 3.98. The number of hydrogen-bond acceptors (Lipinski definition) is 9. The number of thiophene rings is 1. The summed E-state index contributed by atoms with van der Waals surface area (Å²) in [6, 6.07) is 3.04. The molecule has 1 aromatic carbocycles. The molecule has 30 heavy (non-hydrogen) atoms. The highest BCUT2D eigenvalue weighted by atomic mass is 32.2. The highest BCUT2D eigenvalue weighted by Gasteiger charge is 2.27. The number of nitrogens with one attached hydrogen (secondary N) is 2. The van der Waals surface area contributed by atoms with Gasteiger partial charge in [0.05, 0.1) is 11.4 Å². The number of aryl methyl sites for hydroxylation is 3. The van der Waals surface area contributed by atoms with E-state index in [4.69, 9.17) is 9.36 Å². The van der Waals surface area contributed by atoms with Gasteiger partial charge < -0.3 is 14.5 Å². The minimum absolute atomic E-state index is 0.0162. The van der Waals surface area contributed by atoms with Gasteiger partial charge in [0.25, 0.3) is 10.0 Å². The van der Waals surface area contributed by atoms with Crippen LogP contribution in [0.5, 0.6) is 5.75 Å². The number of aromatic nitrogens is 1. The number of aromatic hydroxyl groups is 1. The molecule has 0 bridgehead atoms. The summed E-state index contributed by atoms with van der Waals surface area (Å²) in [5, 5.41) is 15.3. The fourth-order valence-corrected chi connectivity index (χ4v) is 5.16. The highest BCUT2D eigenvalue weighted by molar-refractivity contribution is 7.93. The number of carbonyl (C=O) groups excluding carboxylic acids is 1. The molecule has 0 aliphatic rings. The minimum Gasteiger partial charge on any atom is -0.507 e. The molecule has 0 spiro atoms. The van der Waals surface area contributed by atoms with Gasteiger partial charge >= 0.3 is 5.97 Å². The Morgan fingerprint density at radius 3 is 2.50 bits per heavy atom. The van der Waals surface area contributed by atoms with Gasteiger partial charge in [-0.15, -0.1) is 11.3 Å². The molecule has 9 nitrogen and oxygen atoms in total. The molecule has 0 amide bonds. The van der Waals surface area contributed by atoms with Gasteiger partial charge in [-0.3, -0.25) is 0 Å². The van der Waals surface area contributed by atoms with E-state index in [2.05, 4.69) is 15.4 Å². The van der Waals surface area contributed by atoms with Crippen LogP contribution >= 0.6 is 11.3 Å². The van der Waals surface area contributed by atoms with Crippen molar-refractivity contribution in [2.45, 2.75) is 39.5 Å². The van der Waals surface area contributed by atoms with E-state index in [1.54, 1.807) is 40.7 Å². The first-order chi connectivity index (χ1) is 14.0. The van der Waals surface area contributed by atoms with Crippen molar-refractivity contribution in [2.75, 3.05) is 10.2 Å². The van der Waals surface area contributed by atoms with E-state index in [0.717, 1.165) is 16.9 Å². The standard InChI is InChI=1S/C19H21N3O6S2/c1-9-8-10(2)16(23)12(4)15(9)21-28-19(24)17-14(6-7-29-17)30(25,26)22-18-11(3)13(5)20-27-18/h6-8,21-23H,1-5H3. The minimum atomic E-state index is -4.11. The average Bonchev–Trinajstić information content (AvgIpc) is 3.29. The molecule has 160 valence electrons. The molecule has 2 aromatic heterocycles. The van der Waals surface area contributed by atoms with Crippen LogP contribution in [0, 0.1) is 34.6 Å². The molecule has 11 heteroatoms. The number of benzene rings is 1. The number of phenolic OH excluding ortho intramolecular Hbond substituents is 1. The van der Waals surface area contributed by atoms with Crippen LogP contribution in [0.1, 0.15) is 37.6 Å². The summed E-state index contributed by atoms with van der Waals surface area (Å²) in [5.74, 6) is -0.812. The lowest BCUT2D eigenvalue weighted by Crippen LogP contribution is -2.18. The van der Waals surface area contributed by atoms with Crippen molar-refractivity contribution < 1.29 is 27.7 Å². The second-order valence-corrected chi connectivity index (χ2v) is 9.36. The number of sulfonamides is 1. The van der Waals surface area contributed by atoms with Crippen molar-refractivity contribution in [3.63, 3.8) is 0 Å². The van der Waals surface area contributed by atoms with Crippen LogP contribution in [0.25, 0.3) is 0 Å². The molecule has 0 aliphatic heterocycles. The number of carbonyl (C=O) groups is 1.